The van der Waals surface area contributed by atoms with Crippen molar-refractivity contribution in [1.82, 2.24) is 4.98 Å². The van der Waals surface area contributed by atoms with Crippen LogP contribution in [0.25, 0.3) is 0 Å². The van der Waals surface area contributed by atoms with Crippen molar-refractivity contribution in [3.05, 3.63) is 53.9 Å². The molecule has 1 heterocycles. The zero-order valence-corrected chi connectivity index (χ0v) is 10.4. The first-order chi connectivity index (χ1) is 8.99. The number of ether oxygens (including phenoxy) is 1. The molecule has 1 aromatic carbocycles. The molecule has 0 unspecified atom stereocenters. The van der Waals surface area contributed by atoms with Gasteiger partial charge in [0.25, 0.3) is 0 Å². The molecule has 0 fully saturated rings. The minimum absolute atomic E-state index is 0.240. The molecule has 100 valence electrons. The first-order valence-corrected chi connectivity index (χ1v) is 5.88. The van der Waals surface area contributed by atoms with Crippen molar-refractivity contribution < 1.29 is 17.9 Å². The van der Waals surface area contributed by atoms with E-state index >= 15 is 0 Å². The van der Waals surface area contributed by atoms with E-state index in [2.05, 4.69) is 4.98 Å². The van der Waals surface area contributed by atoms with E-state index in [1.54, 1.807) is 12.1 Å². The van der Waals surface area contributed by atoms with Gasteiger partial charge in [-0.3, -0.25) is 4.98 Å². The summed E-state index contributed by atoms with van der Waals surface area (Å²) in [5.74, 6) is 1.04. The van der Waals surface area contributed by atoms with Crippen LogP contribution >= 0.6 is 11.6 Å². The van der Waals surface area contributed by atoms with Crippen molar-refractivity contribution in [3.8, 4) is 11.5 Å². The van der Waals surface area contributed by atoms with Gasteiger partial charge in [0.05, 0.1) is 17.1 Å². The third kappa shape index (κ3) is 3.61. The van der Waals surface area contributed by atoms with Crippen LogP contribution in [0.15, 0.2) is 42.6 Å². The number of pyridine rings is 1. The maximum Gasteiger partial charge on any atom is 0.416 e. The number of aromatic nitrogens is 1. The molecule has 0 saturated carbocycles. The number of hydrogen-bond acceptors (Lipinski definition) is 2. The first-order valence-electron chi connectivity index (χ1n) is 5.35. The third-order valence-corrected chi connectivity index (χ3v) is 2.62. The quantitative estimate of drug-likeness (QED) is 0.768. The van der Waals surface area contributed by atoms with Crippen LogP contribution in [0, 0.1) is 0 Å². The van der Waals surface area contributed by atoms with Gasteiger partial charge in [-0.1, -0.05) is 0 Å². The lowest BCUT2D eigenvalue weighted by molar-refractivity contribution is -0.137. The highest BCUT2D eigenvalue weighted by Gasteiger charge is 2.30. The molecule has 2 rings (SSSR count). The highest BCUT2D eigenvalue weighted by molar-refractivity contribution is 6.16. The minimum Gasteiger partial charge on any atom is -0.457 e. The van der Waals surface area contributed by atoms with Gasteiger partial charge >= 0.3 is 6.18 Å². The molecule has 0 N–H and O–H groups in total. The fraction of sp³-hybridized carbons (Fsp3) is 0.154. The van der Waals surface area contributed by atoms with Crippen LogP contribution in [0.3, 0.4) is 0 Å². The Hall–Kier alpha value is -1.75. The van der Waals surface area contributed by atoms with Crippen LogP contribution in [0.4, 0.5) is 13.2 Å². The Kier molecular flexibility index (Phi) is 3.95. The highest BCUT2D eigenvalue weighted by atomic mass is 35.5. The molecule has 0 aliphatic carbocycles. The van der Waals surface area contributed by atoms with Crippen molar-refractivity contribution >= 4 is 11.6 Å². The Morgan fingerprint density at radius 3 is 2.32 bits per heavy atom. The molecule has 2 aromatic rings. The molecule has 19 heavy (non-hydrogen) atoms. The van der Waals surface area contributed by atoms with Gasteiger partial charge in [-0.25, -0.2) is 0 Å². The Bertz CT molecular complexity index is 555. The van der Waals surface area contributed by atoms with Crippen molar-refractivity contribution in [3.63, 3.8) is 0 Å². The van der Waals surface area contributed by atoms with Gasteiger partial charge in [-0.05, 0) is 30.3 Å². The van der Waals surface area contributed by atoms with Crippen molar-refractivity contribution in [2.75, 3.05) is 0 Å². The van der Waals surface area contributed by atoms with Gasteiger partial charge in [0, 0.05) is 12.3 Å². The largest absolute Gasteiger partial charge is 0.457 e. The number of hydrogen-bond donors (Lipinski definition) is 0. The summed E-state index contributed by atoms with van der Waals surface area (Å²) in [6.07, 6.45) is -2.82. The fourth-order valence-electron chi connectivity index (χ4n) is 1.44. The Balaban J connectivity index is 2.15. The summed E-state index contributed by atoms with van der Waals surface area (Å²) >= 11 is 5.63. The Morgan fingerprint density at radius 2 is 1.74 bits per heavy atom. The van der Waals surface area contributed by atoms with Crippen molar-refractivity contribution in [1.29, 1.82) is 0 Å². The highest BCUT2D eigenvalue weighted by Crippen LogP contribution is 2.31. The lowest BCUT2D eigenvalue weighted by Gasteiger charge is -2.09. The summed E-state index contributed by atoms with van der Waals surface area (Å²) in [6.45, 7) is 0. The topological polar surface area (TPSA) is 22.1 Å². The molecule has 0 atom stereocenters. The molecule has 6 heteroatoms. The van der Waals surface area contributed by atoms with Crippen molar-refractivity contribution in [2.45, 2.75) is 12.1 Å². The molecule has 0 aliphatic rings. The van der Waals surface area contributed by atoms with Crippen LogP contribution in [-0.4, -0.2) is 4.98 Å². The molecule has 0 saturated heterocycles. The normalized spacial score (nSPS) is 11.4. The maximum atomic E-state index is 12.4. The molecule has 0 aliphatic heterocycles. The van der Waals surface area contributed by atoms with E-state index in [0.29, 0.717) is 17.2 Å². The van der Waals surface area contributed by atoms with Gasteiger partial charge in [0.1, 0.15) is 11.5 Å². The number of benzene rings is 1. The van der Waals surface area contributed by atoms with E-state index in [9.17, 15) is 13.2 Å². The SMILES string of the molecule is FC(F)(F)c1ccc(Oc2ccnc(CCl)c2)cc1. The molecule has 0 bridgehead atoms. The Morgan fingerprint density at radius 1 is 1.05 bits per heavy atom. The van der Waals surface area contributed by atoms with E-state index in [0.717, 1.165) is 12.1 Å². The summed E-state index contributed by atoms with van der Waals surface area (Å²) < 4.78 is 42.6. The fourth-order valence-corrected chi connectivity index (χ4v) is 1.59. The lowest BCUT2D eigenvalue weighted by atomic mass is 10.2. The van der Waals surface area contributed by atoms with Crippen LogP contribution in [-0.2, 0) is 12.1 Å². The van der Waals surface area contributed by atoms with Gasteiger partial charge < -0.3 is 4.74 Å². The molecular weight excluding hydrogens is 279 g/mol. The first kappa shape index (κ1) is 13.7. The minimum atomic E-state index is -4.35. The van der Waals surface area contributed by atoms with Crippen LogP contribution in [0.5, 0.6) is 11.5 Å². The van der Waals surface area contributed by atoms with Crippen LogP contribution in [0.1, 0.15) is 11.3 Å². The summed E-state index contributed by atoms with van der Waals surface area (Å²) in [6, 6.07) is 7.71. The predicted molar refractivity (Wildman–Crippen MR) is 65.3 cm³/mol. The number of halogens is 4. The third-order valence-electron chi connectivity index (χ3n) is 2.34. The van der Waals surface area contributed by atoms with Gasteiger partial charge in [-0.15, -0.1) is 11.6 Å². The van der Waals surface area contributed by atoms with E-state index in [4.69, 9.17) is 16.3 Å². The van der Waals surface area contributed by atoms with Crippen LogP contribution in [0.2, 0.25) is 0 Å². The molecule has 0 spiro atoms. The second-order valence-electron chi connectivity index (χ2n) is 3.74. The summed E-state index contributed by atoms with van der Waals surface area (Å²) in [4.78, 5) is 3.99. The Labute approximate surface area is 112 Å². The molecule has 0 amide bonds. The average molecular weight is 288 g/mol. The second kappa shape index (κ2) is 5.48. The number of rotatable bonds is 3. The summed E-state index contributed by atoms with van der Waals surface area (Å²) in [5.41, 5.74) is -0.0814. The summed E-state index contributed by atoms with van der Waals surface area (Å²) in [5, 5.41) is 0. The lowest BCUT2D eigenvalue weighted by Crippen LogP contribution is -2.04. The number of nitrogens with zero attached hydrogens (tertiary/aromatic N) is 1. The van der Waals surface area contributed by atoms with Crippen molar-refractivity contribution in [2.24, 2.45) is 0 Å². The van der Waals surface area contributed by atoms with Gasteiger partial charge in [0.2, 0.25) is 0 Å². The molecule has 1 aromatic heterocycles. The maximum absolute atomic E-state index is 12.4. The van der Waals surface area contributed by atoms with Gasteiger partial charge in [0.15, 0.2) is 0 Å². The average Bonchev–Trinajstić information content (AvgIpc) is 2.38. The standard InChI is InChI=1S/C13H9ClF3NO/c14-8-10-7-12(5-6-18-10)19-11-3-1-9(2-4-11)13(15,16)17/h1-7H,8H2. The molecular formula is C13H9ClF3NO. The predicted octanol–water partition coefficient (Wildman–Crippen LogP) is 4.63. The van der Waals surface area contributed by atoms with Gasteiger partial charge in [-0.2, -0.15) is 13.2 Å². The second-order valence-corrected chi connectivity index (χ2v) is 4.01. The molecule has 0 radical (unpaired) electrons. The number of alkyl halides is 4. The van der Waals surface area contributed by atoms with E-state index in [1.165, 1.54) is 18.3 Å². The van der Waals surface area contributed by atoms with Crippen LogP contribution < -0.4 is 4.74 Å². The smallest absolute Gasteiger partial charge is 0.416 e. The zero-order chi connectivity index (χ0) is 13.9. The van der Waals surface area contributed by atoms with E-state index in [-0.39, 0.29) is 5.88 Å². The monoisotopic (exact) mass is 287 g/mol. The van der Waals surface area contributed by atoms with E-state index in [1.807, 2.05) is 0 Å². The van der Waals surface area contributed by atoms with E-state index < -0.39 is 11.7 Å². The molecule has 2 nitrogen and oxygen atoms in total. The zero-order valence-electron chi connectivity index (χ0n) is 9.62. The summed E-state index contributed by atoms with van der Waals surface area (Å²) in [7, 11) is 0.